The number of aromatic nitrogens is 4. The van der Waals surface area contributed by atoms with Gasteiger partial charge in [-0.2, -0.15) is 5.10 Å². The fraction of sp³-hybridized carbons (Fsp3) is 0.250. The summed E-state index contributed by atoms with van der Waals surface area (Å²) in [5.74, 6) is 1.18. The number of aryl methyl sites for hydroxylation is 1. The number of pyridine rings is 1. The first kappa shape index (κ1) is 20.9. The van der Waals surface area contributed by atoms with Crippen LogP contribution in [0.15, 0.2) is 61.2 Å². The Morgan fingerprint density at radius 1 is 1.18 bits per heavy atom. The van der Waals surface area contributed by atoms with Crippen LogP contribution in [0.3, 0.4) is 0 Å². The van der Waals surface area contributed by atoms with Gasteiger partial charge < -0.3 is 14.8 Å². The molecule has 1 aromatic carbocycles. The summed E-state index contributed by atoms with van der Waals surface area (Å²) in [6.07, 6.45) is 6.61. The topological polar surface area (TPSA) is 103 Å². The molecule has 0 bridgehead atoms. The zero-order valence-corrected chi connectivity index (χ0v) is 18.4. The normalized spacial score (nSPS) is 14.5. The van der Waals surface area contributed by atoms with Gasteiger partial charge in [-0.3, -0.25) is 10.3 Å². The molecule has 168 valence electrons. The quantitative estimate of drug-likeness (QED) is 0.463. The highest BCUT2D eigenvalue weighted by molar-refractivity contribution is 5.99. The zero-order chi connectivity index (χ0) is 22.8. The molecule has 33 heavy (non-hydrogen) atoms. The second-order valence-corrected chi connectivity index (χ2v) is 8.56. The Balaban J connectivity index is 1.25. The summed E-state index contributed by atoms with van der Waals surface area (Å²) in [5, 5.41) is 9.68. The van der Waals surface area contributed by atoms with E-state index in [1.54, 1.807) is 23.1 Å². The molecule has 1 fully saturated rings. The molecule has 2 amide bonds. The number of nitrogens with zero attached hydrogens (tertiary/aromatic N) is 4. The average Bonchev–Trinajstić information content (AvgIpc) is 3.25. The van der Waals surface area contributed by atoms with E-state index >= 15 is 0 Å². The average molecular weight is 444 g/mol. The van der Waals surface area contributed by atoms with E-state index in [-0.39, 0.29) is 5.41 Å². The van der Waals surface area contributed by atoms with Crippen molar-refractivity contribution >= 4 is 23.1 Å². The first-order valence-electron chi connectivity index (χ1n) is 10.6. The molecule has 4 heterocycles. The molecule has 0 unspecified atom stereocenters. The van der Waals surface area contributed by atoms with E-state index in [1.165, 1.54) is 6.20 Å². The number of ether oxygens (including phenoxy) is 2. The molecule has 4 aromatic rings. The largest absolute Gasteiger partial charge is 0.493 e. The molecule has 1 saturated heterocycles. The Hall–Kier alpha value is -3.98. The number of urea groups is 1. The van der Waals surface area contributed by atoms with Gasteiger partial charge in [0.1, 0.15) is 5.75 Å². The van der Waals surface area contributed by atoms with Crippen molar-refractivity contribution in [2.45, 2.75) is 13.8 Å². The van der Waals surface area contributed by atoms with Gasteiger partial charge in [0, 0.05) is 17.2 Å². The highest BCUT2D eigenvalue weighted by atomic mass is 16.5. The second-order valence-electron chi connectivity index (χ2n) is 8.56. The molecule has 2 N–H and O–H groups in total. The van der Waals surface area contributed by atoms with E-state index in [2.05, 4.69) is 32.6 Å². The van der Waals surface area contributed by atoms with Crippen molar-refractivity contribution in [1.82, 2.24) is 19.6 Å². The minimum atomic E-state index is -0.415. The second kappa shape index (κ2) is 8.51. The summed E-state index contributed by atoms with van der Waals surface area (Å²) in [6.45, 7) is 6.22. The SMILES string of the molecule is Cc1cc(-c2cncc(NC(=O)Nc3ccc4ccnn4c3)n2)ccc1OCC1(C)COC1. The smallest absolute Gasteiger partial charge is 0.324 e. The van der Waals surface area contributed by atoms with Crippen LogP contribution in [0.2, 0.25) is 0 Å². The van der Waals surface area contributed by atoms with E-state index in [0.29, 0.717) is 23.8 Å². The molecule has 0 radical (unpaired) electrons. The van der Waals surface area contributed by atoms with Crippen molar-refractivity contribution in [3.8, 4) is 17.0 Å². The van der Waals surface area contributed by atoms with Gasteiger partial charge in [-0.25, -0.2) is 14.3 Å². The molecule has 9 nitrogen and oxygen atoms in total. The van der Waals surface area contributed by atoms with Crippen LogP contribution in [0, 0.1) is 12.3 Å². The van der Waals surface area contributed by atoms with Crippen molar-refractivity contribution in [1.29, 1.82) is 0 Å². The van der Waals surface area contributed by atoms with Crippen LogP contribution in [0.5, 0.6) is 5.75 Å². The number of fused-ring (bicyclic) bond motifs is 1. The van der Waals surface area contributed by atoms with Gasteiger partial charge in [-0.05, 0) is 48.9 Å². The number of nitrogens with one attached hydrogen (secondary N) is 2. The summed E-state index contributed by atoms with van der Waals surface area (Å²) in [7, 11) is 0. The molecule has 1 aliphatic heterocycles. The third-order valence-electron chi connectivity index (χ3n) is 5.48. The van der Waals surface area contributed by atoms with Crippen LogP contribution in [0.4, 0.5) is 16.3 Å². The first-order valence-corrected chi connectivity index (χ1v) is 10.6. The number of rotatable bonds is 6. The predicted octanol–water partition coefficient (Wildman–Crippen LogP) is 4.16. The number of benzene rings is 1. The standard InChI is InChI=1S/C24H24N6O3/c1-16-9-17(3-6-21(16)33-15-24(2)13-32-14-24)20-10-25-11-22(28-20)29-23(31)27-18-4-5-19-7-8-26-30(19)12-18/h3-12H,13-15H2,1-2H3,(H2,27,28,29,31). The fourth-order valence-electron chi connectivity index (χ4n) is 3.59. The van der Waals surface area contributed by atoms with Crippen LogP contribution in [0.1, 0.15) is 12.5 Å². The lowest BCUT2D eigenvalue weighted by atomic mass is 9.90. The molecule has 0 atom stereocenters. The van der Waals surface area contributed by atoms with Gasteiger partial charge in [-0.1, -0.05) is 6.92 Å². The Morgan fingerprint density at radius 2 is 2.06 bits per heavy atom. The van der Waals surface area contributed by atoms with Crippen molar-refractivity contribution in [2.75, 3.05) is 30.5 Å². The van der Waals surface area contributed by atoms with Gasteiger partial charge >= 0.3 is 6.03 Å². The van der Waals surface area contributed by atoms with Crippen molar-refractivity contribution in [2.24, 2.45) is 5.41 Å². The van der Waals surface area contributed by atoms with E-state index in [0.717, 1.165) is 35.6 Å². The lowest BCUT2D eigenvalue weighted by Gasteiger charge is -2.37. The first-order chi connectivity index (χ1) is 16.0. The van der Waals surface area contributed by atoms with Crippen molar-refractivity contribution in [3.63, 3.8) is 0 Å². The van der Waals surface area contributed by atoms with Crippen molar-refractivity contribution in [3.05, 3.63) is 66.7 Å². The highest BCUT2D eigenvalue weighted by Crippen LogP contribution is 2.30. The monoisotopic (exact) mass is 444 g/mol. The van der Waals surface area contributed by atoms with Gasteiger partial charge in [-0.15, -0.1) is 0 Å². The Kier molecular flexibility index (Phi) is 5.39. The van der Waals surface area contributed by atoms with E-state index in [9.17, 15) is 4.79 Å². The van der Waals surface area contributed by atoms with E-state index < -0.39 is 6.03 Å². The predicted molar refractivity (Wildman–Crippen MR) is 124 cm³/mol. The molecule has 5 rings (SSSR count). The number of amides is 2. The zero-order valence-electron chi connectivity index (χ0n) is 18.4. The van der Waals surface area contributed by atoms with Gasteiger partial charge in [0.2, 0.25) is 0 Å². The third kappa shape index (κ3) is 4.63. The van der Waals surface area contributed by atoms with Crippen LogP contribution >= 0.6 is 0 Å². The maximum atomic E-state index is 12.4. The van der Waals surface area contributed by atoms with Crippen LogP contribution in [-0.4, -0.2) is 45.4 Å². The number of carbonyl (C=O) groups is 1. The van der Waals surface area contributed by atoms with Crippen molar-refractivity contribution < 1.29 is 14.3 Å². The molecule has 0 spiro atoms. The van der Waals surface area contributed by atoms with E-state index in [1.807, 2.05) is 43.3 Å². The van der Waals surface area contributed by atoms with Crippen LogP contribution in [0.25, 0.3) is 16.8 Å². The number of carbonyl (C=O) groups excluding carboxylic acids is 1. The minimum absolute atomic E-state index is 0.0846. The lowest BCUT2D eigenvalue weighted by Crippen LogP contribution is -2.44. The Morgan fingerprint density at radius 3 is 2.85 bits per heavy atom. The maximum Gasteiger partial charge on any atom is 0.324 e. The minimum Gasteiger partial charge on any atom is -0.493 e. The summed E-state index contributed by atoms with van der Waals surface area (Å²) < 4.78 is 13.0. The molecule has 1 aliphatic rings. The summed E-state index contributed by atoms with van der Waals surface area (Å²) >= 11 is 0. The Labute approximate surface area is 190 Å². The number of hydrogen-bond acceptors (Lipinski definition) is 6. The Bertz CT molecular complexity index is 1310. The van der Waals surface area contributed by atoms with Crippen LogP contribution < -0.4 is 15.4 Å². The summed E-state index contributed by atoms with van der Waals surface area (Å²) in [5.41, 5.74) is 4.18. The summed E-state index contributed by atoms with van der Waals surface area (Å²) in [6, 6.07) is 11.0. The number of hydrogen-bond donors (Lipinski definition) is 2. The lowest BCUT2D eigenvalue weighted by molar-refractivity contribution is -0.120. The molecular weight excluding hydrogens is 420 g/mol. The van der Waals surface area contributed by atoms with Crippen LogP contribution in [-0.2, 0) is 4.74 Å². The van der Waals surface area contributed by atoms with Gasteiger partial charge in [0.25, 0.3) is 0 Å². The van der Waals surface area contributed by atoms with Gasteiger partial charge in [0.05, 0.1) is 55.3 Å². The molecule has 0 saturated carbocycles. The highest BCUT2D eigenvalue weighted by Gasteiger charge is 2.34. The maximum absolute atomic E-state index is 12.4. The van der Waals surface area contributed by atoms with Gasteiger partial charge in [0.15, 0.2) is 5.82 Å². The molecule has 9 heteroatoms. The molecular formula is C24H24N6O3. The van der Waals surface area contributed by atoms with E-state index in [4.69, 9.17) is 9.47 Å². The fourth-order valence-corrected chi connectivity index (χ4v) is 3.59. The number of anilines is 2. The molecule has 0 aliphatic carbocycles. The third-order valence-corrected chi connectivity index (χ3v) is 5.48. The molecule has 3 aromatic heterocycles. The summed E-state index contributed by atoms with van der Waals surface area (Å²) in [4.78, 5) is 21.2.